The fourth-order valence-electron chi connectivity index (χ4n) is 2.93. The Morgan fingerprint density at radius 2 is 2.11 bits per heavy atom. The van der Waals surface area contributed by atoms with Crippen molar-refractivity contribution in [2.75, 3.05) is 11.5 Å². The van der Waals surface area contributed by atoms with Gasteiger partial charge >= 0.3 is 0 Å². The highest BCUT2D eigenvalue weighted by Crippen LogP contribution is 2.30. The van der Waals surface area contributed by atoms with Crippen LogP contribution in [0.2, 0.25) is 0 Å². The van der Waals surface area contributed by atoms with Gasteiger partial charge in [0.05, 0.1) is 11.5 Å². The van der Waals surface area contributed by atoms with Gasteiger partial charge in [-0.3, -0.25) is 0 Å². The standard InChI is InChI=1S/C14H20FNO2S/c1-9-5-10(2)14(12(15)6-9)13(16)7-11-3-4-19(17,18)8-11/h5-6,11,13H,3-4,7-8,16H2,1-2H3. The number of halogens is 1. The van der Waals surface area contributed by atoms with Gasteiger partial charge in [-0.2, -0.15) is 0 Å². The molecule has 1 aromatic rings. The highest BCUT2D eigenvalue weighted by Gasteiger charge is 2.30. The van der Waals surface area contributed by atoms with Gasteiger partial charge in [0.1, 0.15) is 5.82 Å². The maximum atomic E-state index is 14.0. The quantitative estimate of drug-likeness (QED) is 0.926. The molecule has 3 nitrogen and oxygen atoms in total. The molecule has 2 unspecified atom stereocenters. The predicted molar refractivity (Wildman–Crippen MR) is 74.2 cm³/mol. The van der Waals surface area contributed by atoms with E-state index in [-0.39, 0.29) is 23.2 Å². The minimum absolute atomic E-state index is 0.0557. The zero-order valence-corrected chi connectivity index (χ0v) is 12.1. The molecule has 19 heavy (non-hydrogen) atoms. The van der Waals surface area contributed by atoms with Crippen molar-refractivity contribution >= 4 is 9.84 Å². The third-order valence-electron chi connectivity index (χ3n) is 3.77. The Labute approximate surface area is 113 Å². The maximum Gasteiger partial charge on any atom is 0.150 e. The number of sulfone groups is 1. The van der Waals surface area contributed by atoms with Crippen LogP contribution in [0.5, 0.6) is 0 Å². The summed E-state index contributed by atoms with van der Waals surface area (Å²) in [6.45, 7) is 3.69. The van der Waals surface area contributed by atoms with Crippen molar-refractivity contribution in [2.45, 2.75) is 32.7 Å². The summed E-state index contributed by atoms with van der Waals surface area (Å²) in [4.78, 5) is 0. The van der Waals surface area contributed by atoms with Crippen LogP contribution in [0.1, 0.15) is 35.6 Å². The summed E-state index contributed by atoms with van der Waals surface area (Å²) in [7, 11) is -2.90. The monoisotopic (exact) mass is 285 g/mol. The molecule has 1 aromatic carbocycles. The van der Waals surface area contributed by atoms with Gasteiger partial charge in [-0.15, -0.1) is 0 Å². The maximum absolute atomic E-state index is 14.0. The minimum atomic E-state index is -2.90. The number of hydrogen-bond acceptors (Lipinski definition) is 3. The van der Waals surface area contributed by atoms with Crippen molar-refractivity contribution in [3.8, 4) is 0 Å². The molecule has 0 saturated carbocycles. The Bertz CT molecular complexity index is 560. The van der Waals surface area contributed by atoms with E-state index in [9.17, 15) is 12.8 Å². The van der Waals surface area contributed by atoms with Crippen molar-refractivity contribution in [3.05, 3.63) is 34.6 Å². The number of benzene rings is 1. The van der Waals surface area contributed by atoms with Gasteiger partial charge < -0.3 is 5.73 Å². The van der Waals surface area contributed by atoms with Crippen LogP contribution in [-0.4, -0.2) is 19.9 Å². The molecule has 0 amide bonds. The van der Waals surface area contributed by atoms with Crippen molar-refractivity contribution in [3.63, 3.8) is 0 Å². The Kier molecular flexibility index (Phi) is 3.97. The Hall–Kier alpha value is -0.940. The first kappa shape index (κ1) is 14.5. The summed E-state index contributed by atoms with van der Waals surface area (Å²) >= 11 is 0. The van der Waals surface area contributed by atoms with Crippen molar-refractivity contribution in [1.82, 2.24) is 0 Å². The van der Waals surface area contributed by atoms with Crippen LogP contribution >= 0.6 is 0 Å². The first-order chi connectivity index (χ1) is 8.78. The second-order valence-corrected chi connectivity index (χ2v) is 7.82. The van der Waals surface area contributed by atoms with E-state index in [0.29, 0.717) is 18.4 Å². The first-order valence-electron chi connectivity index (χ1n) is 6.51. The van der Waals surface area contributed by atoms with Crippen LogP contribution in [0, 0.1) is 25.6 Å². The van der Waals surface area contributed by atoms with Crippen molar-refractivity contribution < 1.29 is 12.8 Å². The van der Waals surface area contributed by atoms with Gasteiger partial charge in [0, 0.05) is 11.6 Å². The summed E-state index contributed by atoms with van der Waals surface area (Å²) < 4.78 is 36.8. The molecule has 5 heteroatoms. The lowest BCUT2D eigenvalue weighted by molar-refractivity contribution is 0.465. The van der Waals surface area contributed by atoms with Gasteiger partial charge in [0.25, 0.3) is 0 Å². The molecule has 1 fully saturated rings. The third kappa shape index (κ3) is 3.34. The Morgan fingerprint density at radius 1 is 1.42 bits per heavy atom. The number of rotatable bonds is 3. The molecule has 0 aliphatic carbocycles. The fraction of sp³-hybridized carbons (Fsp3) is 0.571. The van der Waals surface area contributed by atoms with E-state index in [4.69, 9.17) is 5.73 Å². The van der Waals surface area contributed by atoms with Crippen LogP contribution in [0.15, 0.2) is 12.1 Å². The first-order valence-corrected chi connectivity index (χ1v) is 8.33. The molecule has 1 aliphatic heterocycles. The van der Waals surface area contributed by atoms with Crippen molar-refractivity contribution in [2.24, 2.45) is 11.7 Å². The summed E-state index contributed by atoms with van der Waals surface area (Å²) in [6.07, 6.45) is 1.17. The van der Waals surface area contributed by atoms with Gasteiger partial charge in [-0.25, -0.2) is 12.8 Å². The lowest BCUT2D eigenvalue weighted by atomic mass is 9.91. The van der Waals surface area contributed by atoms with Crippen LogP contribution < -0.4 is 5.73 Å². The fourth-order valence-corrected chi connectivity index (χ4v) is 4.81. The molecule has 0 radical (unpaired) electrons. The second-order valence-electron chi connectivity index (χ2n) is 5.59. The van der Waals surface area contributed by atoms with Crippen molar-refractivity contribution in [1.29, 1.82) is 0 Å². The van der Waals surface area contributed by atoms with Gasteiger partial charge in [-0.05, 0) is 49.8 Å². The molecular formula is C14H20FNO2S. The molecule has 1 saturated heterocycles. The van der Waals surface area contributed by atoms with Crippen LogP contribution in [0.3, 0.4) is 0 Å². The predicted octanol–water partition coefficient (Wildman–Crippen LogP) is 2.27. The van der Waals surface area contributed by atoms with Gasteiger partial charge in [-0.1, -0.05) is 6.07 Å². The summed E-state index contributed by atoms with van der Waals surface area (Å²) in [5.41, 5.74) is 8.31. The normalized spacial score (nSPS) is 23.5. The minimum Gasteiger partial charge on any atom is -0.324 e. The van der Waals surface area contributed by atoms with E-state index in [1.165, 1.54) is 6.07 Å². The second kappa shape index (κ2) is 5.21. The third-order valence-corrected chi connectivity index (χ3v) is 5.60. The molecule has 106 valence electrons. The van der Waals surface area contributed by atoms with Gasteiger partial charge in [0.2, 0.25) is 0 Å². The topological polar surface area (TPSA) is 60.2 Å². The smallest absolute Gasteiger partial charge is 0.150 e. The summed E-state index contributed by atoms with van der Waals surface area (Å²) in [5.74, 6) is 0.193. The van der Waals surface area contributed by atoms with E-state index in [1.54, 1.807) is 0 Å². The molecule has 2 N–H and O–H groups in total. The summed E-state index contributed by atoms with van der Waals surface area (Å²) in [6, 6.07) is 2.95. The SMILES string of the molecule is Cc1cc(C)c(C(N)CC2CCS(=O)(=O)C2)c(F)c1. The lowest BCUT2D eigenvalue weighted by Gasteiger charge is -2.19. The van der Waals surface area contributed by atoms with Crippen LogP contribution in [0.4, 0.5) is 4.39 Å². The van der Waals surface area contributed by atoms with E-state index in [2.05, 4.69) is 0 Å². The van der Waals surface area contributed by atoms with E-state index in [0.717, 1.165) is 11.1 Å². The van der Waals surface area contributed by atoms with E-state index in [1.807, 2.05) is 19.9 Å². The molecule has 1 heterocycles. The molecular weight excluding hydrogens is 265 g/mol. The molecule has 1 aliphatic rings. The molecule has 2 atom stereocenters. The average Bonchev–Trinajstić information content (AvgIpc) is 2.56. The Balaban J connectivity index is 2.15. The molecule has 0 bridgehead atoms. The molecule has 0 spiro atoms. The average molecular weight is 285 g/mol. The zero-order valence-electron chi connectivity index (χ0n) is 11.3. The lowest BCUT2D eigenvalue weighted by Crippen LogP contribution is -2.19. The number of hydrogen-bond donors (Lipinski definition) is 1. The van der Waals surface area contributed by atoms with Crippen LogP contribution in [-0.2, 0) is 9.84 Å². The summed E-state index contributed by atoms with van der Waals surface area (Å²) in [5, 5.41) is 0. The van der Waals surface area contributed by atoms with E-state index < -0.39 is 15.9 Å². The zero-order chi connectivity index (χ0) is 14.2. The van der Waals surface area contributed by atoms with Crippen LogP contribution in [0.25, 0.3) is 0 Å². The molecule has 2 rings (SSSR count). The van der Waals surface area contributed by atoms with Gasteiger partial charge in [0.15, 0.2) is 9.84 Å². The molecule has 0 aromatic heterocycles. The highest BCUT2D eigenvalue weighted by molar-refractivity contribution is 7.91. The largest absolute Gasteiger partial charge is 0.324 e. The number of aryl methyl sites for hydroxylation is 2. The number of nitrogens with two attached hydrogens (primary N) is 1. The Morgan fingerprint density at radius 3 is 2.63 bits per heavy atom. The van der Waals surface area contributed by atoms with E-state index >= 15 is 0 Å². The highest BCUT2D eigenvalue weighted by atomic mass is 32.2.